The van der Waals surface area contributed by atoms with E-state index in [1.807, 2.05) is 0 Å². The van der Waals surface area contributed by atoms with Gasteiger partial charge in [0.25, 0.3) is 0 Å². The summed E-state index contributed by atoms with van der Waals surface area (Å²) in [4.78, 5) is 0. The first kappa shape index (κ1) is 7.72. The summed E-state index contributed by atoms with van der Waals surface area (Å²) in [7, 11) is 0. The summed E-state index contributed by atoms with van der Waals surface area (Å²) < 4.78 is 5.89. The van der Waals surface area contributed by atoms with Crippen molar-refractivity contribution in [3.8, 4) is 0 Å². The molecule has 0 saturated carbocycles. The Morgan fingerprint density at radius 3 is 2.86 bits per heavy atom. The molecule has 0 saturated heterocycles. The fraction of sp³-hybridized carbons (Fsp3) is 1.00. The van der Waals surface area contributed by atoms with E-state index in [1.165, 1.54) is 22.5 Å². The first-order chi connectivity index (χ1) is 3.41. The van der Waals surface area contributed by atoms with Gasteiger partial charge in [-0.3, -0.25) is 0 Å². The summed E-state index contributed by atoms with van der Waals surface area (Å²) >= 11 is 1.44. The van der Waals surface area contributed by atoms with E-state index in [2.05, 4.69) is 12.2 Å². The van der Waals surface area contributed by atoms with Crippen molar-refractivity contribution in [1.82, 2.24) is 5.32 Å². The molecule has 0 aromatic heterocycles. The van der Waals surface area contributed by atoms with Crippen molar-refractivity contribution in [2.24, 2.45) is 0 Å². The maximum absolute atomic E-state index is 5.00. The molecular weight excluding hydrogens is 197 g/mol. The van der Waals surface area contributed by atoms with Gasteiger partial charge in [0, 0.05) is 0 Å². The van der Waals surface area contributed by atoms with E-state index in [-0.39, 0.29) is 0 Å². The van der Waals surface area contributed by atoms with Gasteiger partial charge in [-0.1, -0.05) is 0 Å². The summed E-state index contributed by atoms with van der Waals surface area (Å²) in [6.07, 6.45) is 0. The molecule has 0 aromatic rings. The van der Waals surface area contributed by atoms with Gasteiger partial charge in [0.1, 0.15) is 0 Å². The number of hydrogen-bond donors (Lipinski definition) is 1. The fourth-order valence-electron chi connectivity index (χ4n) is 0.225. The third kappa shape index (κ3) is 6.72. The molecule has 0 amide bonds. The zero-order valence-corrected chi connectivity index (χ0v) is 7.38. The van der Waals surface area contributed by atoms with Crippen LogP contribution in [0.15, 0.2) is 0 Å². The van der Waals surface area contributed by atoms with E-state index < -0.39 is 0 Å². The van der Waals surface area contributed by atoms with E-state index in [9.17, 15) is 0 Å². The van der Waals surface area contributed by atoms with Gasteiger partial charge in [0.2, 0.25) is 0 Å². The first-order valence-electron chi connectivity index (χ1n) is 2.35. The Morgan fingerprint density at radius 2 is 2.43 bits per heavy atom. The summed E-state index contributed by atoms with van der Waals surface area (Å²) in [6.45, 7) is 3.77. The SMILES string of the molecule is CCNCO[CH2][Sn]. The molecule has 0 spiro atoms. The average molecular weight is 207 g/mol. The van der Waals surface area contributed by atoms with Crippen LogP contribution >= 0.6 is 0 Å². The van der Waals surface area contributed by atoms with Gasteiger partial charge in [0.05, 0.1) is 0 Å². The Morgan fingerprint density at radius 1 is 1.71 bits per heavy atom. The molecule has 0 aromatic carbocycles. The number of nitrogens with one attached hydrogen (secondary N) is 1. The number of hydrogen-bond acceptors (Lipinski definition) is 2. The van der Waals surface area contributed by atoms with Crippen molar-refractivity contribution in [1.29, 1.82) is 0 Å². The molecule has 2 nitrogen and oxygen atoms in total. The van der Waals surface area contributed by atoms with Crippen LogP contribution in [0.5, 0.6) is 0 Å². The Bertz CT molecular complexity index is 30.9. The monoisotopic (exact) mass is 208 g/mol. The molecule has 3 heteroatoms. The normalized spacial score (nSPS) is 9.43. The summed E-state index contributed by atoms with van der Waals surface area (Å²) in [5, 5.41) is 3.04. The summed E-state index contributed by atoms with van der Waals surface area (Å²) in [6, 6.07) is 0. The van der Waals surface area contributed by atoms with Crippen LogP contribution in [0.1, 0.15) is 6.92 Å². The minimum absolute atomic E-state index is 0.710. The summed E-state index contributed by atoms with van der Waals surface area (Å²) in [5.41, 5.74) is 0. The van der Waals surface area contributed by atoms with Crippen LogP contribution in [0, 0.1) is 0 Å². The minimum atomic E-state index is 0.710. The van der Waals surface area contributed by atoms with Gasteiger partial charge in [-0.15, -0.1) is 0 Å². The predicted molar refractivity (Wildman–Crippen MR) is 30.2 cm³/mol. The maximum atomic E-state index is 5.00. The zero-order valence-electron chi connectivity index (χ0n) is 4.53. The van der Waals surface area contributed by atoms with Crippen molar-refractivity contribution in [2.45, 2.75) is 6.92 Å². The van der Waals surface area contributed by atoms with Crippen molar-refractivity contribution in [2.75, 3.05) is 17.9 Å². The van der Waals surface area contributed by atoms with E-state index >= 15 is 0 Å². The van der Waals surface area contributed by atoms with Gasteiger partial charge in [0.15, 0.2) is 0 Å². The van der Waals surface area contributed by atoms with Gasteiger partial charge < -0.3 is 0 Å². The van der Waals surface area contributed by atoms with Crippen molar-refractivity contribution >= 4 is 22.5 Å². The Labute approximate surface area is 57.7 Å². The van der Waals surface area contributed by atoms with E-state index in [0.29, 0.717) is 6.73 Å². The molecule has 0 atom stereocenters. The second-order valence-corrected chi connectivity index (χ2v) is 1.92. The molecule has 0 aliphatic carbocycles. The van der Waals surface area contributed by atoms with Gasteiger partial charge in [-0.05, 0) is 0 Å². The van der Waals surface area contributed by atoms with Gasteiger partial charge >= 0.3 is 57.4 Å². The number of ether oxygens (including phenoxy) is 1. The first-order valence-corrected chi connectivity index (χ1v) is 4.36. The molecule has 1 N–H and O–H groups in total. The Kier molecular flexibility index (Phi) is 7.41. The second-order valence-electron chi connectivity index (χ2n) is 1.10. The van der Waals surface area contributed by atoms with Crippen LogP contribution in [-0.4, -0.2) is 40.4 Å². The topological polar surface area (TPSA) is 21.3 Å². The number of rotatable bonds is 4. The molecule has 7 heavy (non-hydrogen) atoms. The van der Waals surface area contributed by atoms with Crippen LogP contribution in [-0.2, 0) is 4.74 Å². The molecule has 0 aliphatic rings. The quantitative estimate of drug-likeness (QED) is 0.388. The molecule has 41 valence electrons. The third-order valence-corrected chi connectivity index (χ3v) is 1.14. The van der Waals surface area contributed by atoms with Crippen molar-refractivity contribution in [3.05, 3.63) is 0 Å². The molecule has 0 aliphatic heterocycles. The standard InChI is InChI=1S/C4H10NO.Sn/c1-3-5-4-6-2;/h5H,2-4H2,1H3;. The fourth-order valence-corrected chi connectivity index (χ4v) is 0.517. The molecule has 0 bridgehead atoms. The Balaban J connectivity index is 2.45. The van der Waals surface area contributed by atoms with Crippen molar-refractivity contribution in [3.63, 3.8) is 0 Å². The van der Waals surface area contributed by atoms with Crippen LogP contribution < -0.4 is 5.32 Å². The van der Waals surface area contributed by atoms with E-state index in [4.69, 9.17) is 4.74 Å². The Hall–Kier alpha value is 0.719. The zero-order chi connectivity index (χ0) is 5.54. The van der Waals surface area contributed by atoms with Crippen molar-refractivity contribution < 1.29 is 4.74 Å². The second kappa shape index (κ2) is 6.72. The van der Waals surface area contributed by atoms with Gasteiger partial charge in [-0.2, -0.15) is 0 Å². The van der Waals surface area contributed by atoms with E-state index in [0.717, 1.165) is 11.2 Å². The third-order valence-electron chi connectivity index (χ3n) is 0.556. The predicted octanol–water partition coefficient (Wildman–Crippen LogP) is -0.304. The van der Waals surface area contributed by atoms with Crippen LogP contribution in [0.4, 0.5) is 0 Å². The molecule has 0 fully saturated rings. The van der Waals surface area contributed by atoms with E-state index in [1.54, 1.807) is 0 Å². The molecule has 0 heterocycles. The molecule has 3 radical (unpaired) electrons. The molecule has 0 unspecified atom stereocenters. The van der Waals surface area contributed by atoms with Gasteiger partial charge in [-0.25, -0.2) is 0 Å². The molecular formula is C4H10NOSn. The van der Waals surface area contributed by atoms with Crippen LogP contribution in [0.25, 0.3) is 0 Å². The summed E-state index contributed by atoms with van der Waals surface area (Å²) in [5.74, 6) is 0. The molecule has 0 rings (SSSR count). The van der Waals surface area contributed by atoms with Crippen LogP contribution in [0.3, 0.4) is 0 Å². The van der Waals surface area contributed by atoms with Crippen LogP contribution in [0.2, 0.25) is 0 Å². The average Bonchev–Trinajstić information content (AvgIpc) is 1.69.